The molecule has 1 saturated heterocycles. The summed E-state index contributed by atoms with van der Waals surface area (Å²) in [5.41, 5.74) is -0.243. The van der Waals surface area contributed by atoms with Gasteiger partial charge in [-0.05, 0) is 27.2 Å². The molecule has 2 heterocycles. The van der Waals surface area contributed by atoms with Gasteiger partial charge in [0.05, 0.1) is 30.5 Å². The first-order valence-electron chi connectivity index (χ1n) is 6.74. The molecule has 20 heavy (non-hydrogen) atoms. The Morgan fingerprint density at radius 3 is 2.85 bits per heavy atom. The molecule has 1 aliphatic rings. The van der Waals surface area contributed by atoms with Crippen LogP contribution in [-0.4, -0.2) is 56.2 Å². The number of β-amino-alcohol motifs (C(OH)–C–C–N with tert-alkyl or cyclic N) is 1. The standard InChI is InChI=1S/C13H22N4O3/c1-13(2,3)17-11(4-5-14-17)15-12(20)16-7-10(19)6-9(16)8-18/h4-5,9-10,18-19H,6-8H2,1-3H3,(H,15,20)/t9-,10-/m0/s1. The van der Waals surface area contributed by atoms with E-state index in [0.717, 1.165) is 0 Å². The molecule has 0 aromatic carbocycles. The number of likely N-dealkylation sites (tertiary alicyclic amines) is 1. The highest BCUT2D eigenvalue weighted by molar-refractivity contribution is 5.89. The molecule has 1 fully saturated rings. The molecule has 1 aromatic rings. The van der Waals surface area contributed by atoms with Crippen molar-refractivity contribution in [2.45, 2.75) is 44.9 Å². The van der Waals surface area contributed by atoms with E-state index < -0.39 is 6.10 Å². The Bertz CT molecular complexity index is 480. The molecule has 1 aliphatic heterocycles. The minimum Gasteiger partial charge on any atom is -0.394 e. The van der Waals surface area contributed by atoms with Crippen LogP contribution in [0.25, 0.3) is 0 Å². The van der Waals surface area contributed by atoms with Gasteiger partial charge < -0.3 is 15.1 Å². The second kappa shape index (κ2) is 5.41. The average Bonchev–Trinajstić information content (AvgIpc) is 2.94. The summed E-state index contributed by atoms with van der Waals surface area (Å²) in [6.45, 7) is 6.06. The number of anilines is 1. The molecule has 0 aliphatic carbocycles. The van der Waals surface area contributed by atoms with Crippen molar-refractivity contribution in [2.24, 2.45) is 0 Å². The number of aliphatic hydroxyl groups excluding tert-OH is 2. The fraction of sp³-hybridized carbons (Fsp3) is 0.692. The maximum Gasteiger partial charge on any atom is 0.323 e. The number of carbonyl (C=O) groups is 1. The van der Waals surface area contributed by atoms with Crippen LogP contribution in [0.15, 0.2) is 12.3 Å². The van der Waals surface area contributed by atoms with Crippen LogP contribution in [0.2, 0.25) is 0 Å². The number of nitrogens with one attached hydrogen (secondary N) is 1. The van der Waals surface area contributed by atoms with Crippen LogP contribution in [0.1, 0.15) is 27.2 Å². The fourth-order valence-corrected chi connectivity index (χ4v) is 2.43. The molecule has 2 atom stereocenters. The van der Waals surface area contributed by atoms with Gasteiger partial charge in [0, 0.05) is 12.6 Å². The third-order valence-electron chi connectivity index (χ3n) is 3.38. The number of amides is 2. The normalized spacial score (nSPS) is 23.1. The van der Waals surface area contributed by atoms with E-state index in [-0.39, 0.29) is 30.8 Å². The van der Waals surface area contributed by atoms with Crippen LogP contribution < -0.4 is 5.32 Å². The Labute approximate surface area is 118 Å². The van der Waals surface area contributed by atoms with Gasteiger partial charge in [-0.2, -0.15) is 5.10 Å². The zero-order valence-corrected chi connectivity index (χ0v) is 12.1. The van der Waals surface area contributed by atoms with Crippen molar-refractivity contribution in [3.05, 3.63) is 12.3 Å². The topological polar surface area (TPSA) is 90.6 Å². The number of aromatic nitrogens is 2. The van der Waals surface area contributed by atoms with Crippen molar-refractivity contribution in [3.8, 4) is 0 Å². The maximum absolute atomic E-state index is 12.3. The quantitative estimate of drug-likeness (QED) is 0.741. The molecule has 0 unspecified atom stereocenters. The zero-order chi connectivity index (χ0) is 14.9. The molecule has 7 heteroatoms. The lowest BCUT2D eigenvalue weighted by Gasteiger charge is -2.26. The molecule has 0 saturated carbocycles. The van der Waals surface area contributed by atoms with E-state index in [1.165, 1.54) is 4.90 Å². The molecule has 0 spiro atoms. The van der Waals surface area contributed by atoms with E-state index in [2.05, 4.69) is 10.4 Å². The number of nitrogens with zero attached hydrogens (tertiary/aromatic N) is 3. The summed E-state index contributed by atoms with van der Waals surface area (Å²) in [7, 11) is 0. The molecule has 0 radical (unpaired) electrons. The highest BCUT2D eigenvalue weighted by Crippen LogP contribution is 2.22. The van der Waals surface area contributed by atoms with Gasteiger partial charge in [0.2, 0.25) is 0 Å². The zero-order valence-electron chi connectivity index (χ0n) is 12.1. The molecule has 7 nitrogen and oxygen atoms in total. The van der Waals surface area contributed by atoms with Crippen molar-refractivity contribution in [1.82, 2.24) is 14.7 Å². The van der Waals surface area contributed by atoms with E-state index in [1.807, 2.05) is 20.8 Å². The third-order valence-corrected chi connectivity index (χ3v) is 3.38. The molecular weight excluding hydrogens is 260 g/mol. The Kier molecular flexibility index (Phi) is 4.01. The van der Waals surface area contributed by atoms with Crippen LogP contribution >= 0.6 is 0 Å². The maximum atomic E-state index is 12.3. The first-order chi connectivity index (χ1) is 9.32. The summed E-state index contributed by atoms with van der Waals surface area (Å²) in [4.78, 5) is 13.7. The SMILES string of the molecule is CC(C)(C)n1nccc1NC(=O)N1C[C@@H](O)C[C@H]1CO. The van der Waals surface area contributed by atoms with Crippen LogP contribution in [0.4, 0.5) is 10.6 Å². The number of hydrogen-bond donors (Lipinski definition) is 3. The van der Waals surface area contributed by atoms with Crippen molar-refractivity contribution in [3.63, 3.8) is 0 Å². The van der Waals surface area contributed by atoms with E-state index in [9.17, 15) is 15.0 Å². The van der Waals surface area contributed by atoms with Crippen molar-refractivity contribution in [2.75, 3.05) is 18.5 Å². The Balaban J connectivity index is 2.11. The average molecular weight is 282 g/mol. The van der Waals surface area contributed by atoms with E-state index in [4.69, 9.17) is 0 Å². The lowest BCUT2D eigenvalue weighted by Crippen LogP contribution is -2.41. The van der Waals surface area contributed by atoms with Gasteiger partial charge in [-0.3, -0.25) is 5.32 Å². The number of carbonyl (C=O) groups excluding carboxylic acids is 1. The van der Waals surface area contributed by atoms with Gasteiger partial charge in [0.15, 0.2) is 0 Å². The minimum atomic E-state index is -0.578. The number of urea groups is 1. The third kappa shape index (κ3) is 2.94. The minimum absolute atomic E-state index is 0.150. The first-order valence-corrected chi connectivity index (χ1v) is 6.74. The first kappa shape index (κ1) is 14.8. The van der Waals surface area contributed by atoms with Crippen LogP contribution in [0.3, 0.4) is 0 Å². The summed E-state index contributed by atoms with van der Waals surface area (Å²) >= 11 is 0. The monoisotopic (exact) mass is 282 g/mol. The summed E-state index contributed by atoms with van der Waals surface area (Å²) < 4.78 is 1.73. The number of rotatable bonds is 2. The number of aliphatic hydroxyl groups is 2. The molecule has 1 aromatic heterocycles. The van der Waals surface area contributed by atoms with Gasteiger partial charge in [-0.25, -0.2) is 9.48 Å². The smallest absolute Gasteiger partial charge is 0.323 e. The second-order valence-electron chi connectivity index (χ2n) is 6.11. The lowest BCUT2D eigenvalue weighted by atomic mass is 10.1. The summed E-state index contributed by atoms with van der Waals surface area (Å²) in [5, 5.41) is 25.9. The molecular formula is C13H22N4O3. The Hall–Kier alpha value is -1.60. The van der Waals surface area contributed by atoms with Crippen molar-refractivity contribution < 1.29 is 15.0 Å². The predicted octanol–water partition coefficient (Wildman–Crippen LogP) is 0.597. The van der Waals surface area contributed by atoms with Crippen molar-refractivity contribution >= 4 is 11.8 Å². The Morgan fingerprint density at radius 1 is 1.55 bits per heavy atom. The second-order valence-corrected chi connectivity index (χ2v) is 6.11. The largest absolute Gasteiger partial charge is 0.394 e. The highest BCUT2D eigenvalue weighted by atomic mass is 16.3. The fourth-order valence-electron chi connectivity index (χ4n) is 2.43. The van der Waals surface area contributed by atoms with Gasteiger partial charge >= 0.3 is 6.03 Å². The molecule has 2 amide bonds. The van der Waals surface area contributed by atoms with E-state index in [1.54, 1.807) is 16.9 Å². The molecule has 2 rings (SSSR count). The van der Waals surface area contributed by atoms with Gasteiger partial charge in [0.25, 0.3) is 0 Å². The highest BCUT2D eigenvalue weighted by Gasteiger charge is 2.34. The predicted molar refractivity (Wildman–Crippen MR) is 74.4 cm³/mol. The number of hydrogen-bond acceptors (Lipinski definition) is 4. The lowest BCUT2D eigenvalue weighted by molar-refractivity contribution is 0.164. The Morgan fingerprint density at radius 2 is 2.25 bits per heavy atom. The van der Waals surface area contributed by atoms with Crippen LogP contribution in [-0.2, 0) is 5.54 Å². The van der Waals surface area contributed by atoms with Crippen LogP contribution in [0, 0.1) is 0 Å². The van der Waals surface area contributed by atoms with Gasteiger partial charge in [0.1, 0.15) is 5.82 Å². The molecule has 112 valence electrons. The van der Waals surface area contributed by atoms with Crippen LogP contribution in [0.5, 0.6) is 0 Å². The van der Waals surface area contributed by atoms with E-state index in [0.29, 0.717) is 12.2 Å². The summed E-state index contributed by atoms with van der Waals surface area (Å²) in [6.07, 6.45) is 1.46. The van der Waals surface area contributed by atoms with E-state index >= 15 is 0 Å². The summed E-state index contributed by atoms with van der Waals surface area (Å²) in [5.74, 6) is 0.598. The molecule has 3 N–H and O–H groups in total. The summed E-state index contributed by atoms with van der Waals surface area (Å²) in [6, 6.07) is 1.06. The molecule has 0 bridgehead atoms. The van der Waals surface area contributed by atoms with Crippen molar-refractivity contribution in [1.29, 1.82) is 0 Å². The van der Waals surface area contributed by atoms with Gasteiger partial charge in [-0.15, -0.1) is 0 Å². The van der Waals surface area contributed by atoms with Gasteiger partial charge in [-0.1, -0.05) is 0 Å².